The van der Waals surface area contributed by atoms with Crippen LogP contribution in [0.4, 0.5) is 22.0 Å². The number of fused-ring (bicyclic) bond motifs is 3. The number of rotatable bonds is 6. The molecular formula is C27H30F5NO3. The Morgan fingerprint density at radius 1 is 1.06 bits per heavy atom. The maximum atomic E-state index is 14.8. The van der Waals surface area contributed by atoms with Crippen LogP contribution in [0.15, 0.2) is 42.5 Å². The van der Waals surface area contributed by atoms with Crippen molar-refractivity contribution in [2.24, 2.45) is 5.41 Å². The van der Waals surface area contributed by atoms with Crippen LogP contribution in [0.2, 0.25) is 0 Å². The van der Waals surface area contributed by atoms with Crippen LogP contribution < -0.4 is 0 Å². The lowest BCUT2D eigenvalue weighted by Gasteiger charge is -2.45. The predicted octanol–water partition coefficient (Wildman–Crippen LogP) is 4.59. The standard InChI is InChI=1S/C27H30F5NO3/c1-24(15-34,16-35)23(36)33-12-11-26(14-17-3-7-20(28)8-4-17)21-9-6-19(25(2,29)27(30,31)32)13-18(21)5-10-22(26)33/h3-4,6-9,13,22,34-35H,5,10-12,14-16H2,1-2H3/t22-,25?,26-/m1/s1. The minimum Gasteiger partial charge on any atom is -0.395 e. The number of alkyl halides is 4. The average molecular weight is 512 g/mol. The number of nitrogens with zero attached hydrogens (tertiary/aromatic N) is 1. The van der Waals surface area contributed by atoms with Crippen molar-refractivity contribution in [1.29, 1.82) is 0 Å². The Balaban J connectivity index is 1.81. The van der Waals surface area contributed by atoms with E-state index in [2.05, 4.69) is 0 Å². The monoisotopic (exact) mass is 511 g/mol. The first-order valence-electron chi connectivity index (χ1n) is 12.0. The largest absolute Gasteiger partial charge is 0.426 e. The number of hydrogen-bond acceptors (Lipinski definition) is 3. The van der Waals surface area contributed by atoms with Gasteiger partial charge in [0.15, 0.2) is 0 Å². The Labute approximate surface area is 206 Å². The van der Waals surface area contributed by atoms with E-state index in [0.29, 0.717) is 44.7 Å². The van der Waals surface area contributed by atoms with Gasteiger partial charge in [-0.25, -0.2) is 8.78 Å². The van der Waals surface area contributed by atoms with Gasteiger partial charge in [0.05, 0.1) is 18.6 Å². The van der Waals surface area contributed by atoms with Gasteiger partial charge in [0.2, 0.25) is 11.6 Å². The summed E-state index contributed by atoms with van der Waals surface area (Å²) in [6.07, 6.45) is -3.43. The number of carbonyl (C=O) groups excluding carboxylic acids is 1. The van der Waals surface area contributed by atoms with Crippen LogP contribution in [0.5, 0.6) is 0 Å². The van der Waals surface area contributed by atoms with Crippen molar-refractivity contribution in [2.75, 3.05) is 19.8 Å². The lowest BCUT2D eigenvalue weighted by Crippen LogP contribution is -2.54. The van der Waals surface area contributed by atoms with Gasteiger partial charge in [-0.2, -0.15) is 13.2 Å². The molecule has 1 aliphatic carbocycles. The quantitative estimate of drug-likeness (QED) is 0.558. The van der Waals surface area contributed by atoms with Gasteiger partial charge in [-0.15, -0.1) is 0 Å². The van der Waals surface area contributed by atoms with Crippen LogP contribution in [-0.2, 0) is 28.7 Å². The van der Waals surface area contributed by atoms with E-state index in [1.165, 1.54) is 31.2 Å². The lowest BCUT2D eigenvalue weighted by atomic mass is 9.63. The molecule has 196 valence electrons. The van der Waals surface area contributed by atoms with E-state index in [9.17, 15) is 37.0 Å². The molecule has 0 spiro atoms. The predicted molar refractivity (Wildman–Crippen MR) is 123 cm³/mol. The van der Waals surface area contributed by atoms with Gasteiger partial charge in [-0.05, 0) is 73.9 Å². The zero-order valence-electron chi connectivity index (χ0n) is 20.2. The summed E-state index contributed by atoms with van der Waals surface area (Å²) in [7, 11) is 0. The summed E-state index contributed by atoms with van der Waals surface area (Å²) in [6.45, 7) is 1.24. The van der Waals surface area contributed by atoms with Gasteiger partial charge in [-0.3, -0.25) is 4.79 Å². The highest BCUT2D eigenvalue weighted by molar-refractivity contribution is 5.83. The number of aliphatic hydroxyl groups is 2. The fourth-order valence-corrected chi connectivity index (χ4v) is 5.76. The highest BCUT2D eigenvalue weighted by Gasteiger charge is 2.56. The van der Waals surface area contributed by atoms with Crippen LogP contribution in [0.1, 0.15) is 48.9 Å². The third-order valence-electron chi connectivity index (χ3n) is 8.12. The van der Waals surface area contributed by atoms with Crippen LogP contribution in [0.3, 0.4) is 0 Å². The lowest BCUT2D eigenvalue weighted by molar-refractivity contribution is -0.228. The topological polar surface area (TPSA) is 60.8 Å². The van der Waals surface area contributed by atoms with E-state index >= 15 is 0 Å². The van der Waals surface area contributed by atoms with Gasteiger partial charge in [-0.1, -0.05) is 30.3 Å². The Kier molecular flexibility index (Phi) is 6.71. The van der Waals surface area contributed by atoms with Crippen molar-refractivity contribution in [2.45, 2.75) is 62.8 Å². The normalized spacial score (nSPS) is 23.7. The molecule has 1 fully saturated rings. The maximum Gasteiger partial charge on any atom is 0.426 e. The summed E-state index contributed by atoms with van der Waals surface area (Å²) in [5.41, 5.74) is -3.91. The first kappa shape index (κ1) is 26.5. The number of amides is 1. The third kappa shape index (κ3) is 4.20. The third-order valence-corrected chi connectivity index (χ3v) is 8.12. The molecule has 4 nitrogen and oxygen atoms in total. The van der Waals surface area contributed by atoms with Crippen LogP contribution in [0, 0.1) is 11.2 Å². The van der Waals surface area contributed by atoms with Crippen molar-refractivity contribution in [1.82, 2.24) is 4.90 Å². The molecule has 1 aliphatic heterocycles. The van der Waals surface area contributed by atoms with Crippen molar-refractivity contribution in [3.8, 4) is 0 Å². The van der Waals surface area contributed by atoms with Crippen molar-refractivity contribution in [3.63, 3.8) is 0 Å². The van der Waals surface area contributed by atoms with E-state index < -0.39 is 53.2 Å². The van der Waals surface area contributed by atoms with Gasteiger partial charge in [0, 0.05) is 18.0 Å². The molecule has 0 aromatic heterocycles. The zero-order chi connectivity index (χ0) is 26.5. The number of hydrogen-bond donors (Lipinski definition) is 2. The Morgan fingerprint density at radius 2 is 1.69 bits per heavy atom. The van der Waals surface area contributed by atoms with Crippen LogP contribution in [-0.4, -0.2) is 53.0 Å². The molecule has 1 unspecified atom stereocenters. The second-order valence-electron chi connectivity index (χ2n) is 10.5. The van der Waals surface area contributed by atoms with Gasteiger partial charge < -0.3 is 15.1 Å². The molecule has 0 saturated carbocycles. The first-order chi connectivity index (χ1) is 16.8. The number of likely N-dealkylation sites (tertiary alicyclic amines) is 1. The minimum atomic E-state index is -5.07. The Morgan fingerprint density at radius 3 is 2.28 bits per heavy atom. The average Bonchev–Trinajstić information content (AvgIpc) is 3.22. The molecule has 1 saturated heterocycles. The van der Waals surface area contributed by atoms with Crippen molar-refractivity contribution >= 4 is 5.91 Å². The van der Waals surface area contributed by atoms with E-state index in [1.807, 2.05) is 0 Å². The minimum absolute atomic E-state index is 0.324. The molecule has 2 aliphatic rings. The van der Waals surface area contributed by atoms with Crippen LogP contribution in [0.25, 0.3) is 0 Å². The van der Waals surface area contributed by atoms with Crippen molar-refractivity contribution < 1.29 is 37.0 Å². The Bertz CT molecular complexity index is 1130. The number of aryl methyl sites for hydroxylation is 1. The first-order valence-corrected chi connectivity index (χ1v) is 12.0. The molecule has 0 radical (unpaired) electrons. The highest BCUT2D eigenvalue weighted by Crippen LogP contribution is 2.51. The number of aliphatic hydroxyl groups excluding tert-OH is 2. The maximum absolute atomic E-state index is 14.8. The van der Waals surface area contributed by atoms with E-state index in [0.717, 1.165) is 17.2 Å². The van der Waals surface area contributed by atoms with Gasteiger partial charge in [0.1, 0.15) is 5.82 Å². The molecule has 2 aromatic rings. The highest BCUT2D eigenvalue weighted by atomic mass is 19.4. The fraction of sp³-hybridized carbons (Fsp3) is 0.519. The molecular weight excluding hydrogens is 481 g/mol. The second kappa shape index (κ2) is 9.10. The smallest absolute Gasteiger partial charge is 0.395 e. The van der Waals surface area contributed by atoms with Gasteiger partial charge >= 0.3 is 6.18 Å². The SMILES string of the molecule is CC(CO)(CO)C(=O)N1CC[C@@]2(Cc3ccc(F)cc3)c3ccc(C(C)(F)C(F)(F)F)cc3CC[C@@H]12. The molecule has 1 heterocycles. The summed E-state index contributed by atoms with van der Waals surface area (Å²) in [5, 5.41) is 19.6. The molecule has 1 amide bonds. The van der Waals surface area contributed by atoms with Crippen molar-refractivity contribution in [3.05, 3.63) is 70.5 Å². The Hall–Kier alpha value is -2.52. The molecule has 36 heavy (non-hydrogen) atoms. The number of carbonyl (C=O) groups is 1. The summed E-state index contributed by atoms with van der Waals surface area (Å²) < 4.78 is 68.5. The summed E-state index contributed by atoms with van der Waals surface area (Å²) in [5.74, 6) is -0.798. The number of halogens is 5. The molecule has 9 heteroatoms. The summed E-state index contributed by atoms with van der Waals surface area (Å²) in [6, 6.07) is 9.57. The second-order valence-corrected chi connectivity index (χ2v) is 10.5. The molecule has 4 rings (SSSR count). The summed E-state index contributed by atoms with van der Waals surface area (Å²) in [4.78, 5) is 15.1. The molecule has 2 aromatic carbocycles. The van der Waals surface area contributed by atoms with E-state index in [-0.39, 0.29) is 6.04 Å². The molecule has 2 N–H and O–H groups in total. The van der Waals surface area contributed by atoms with E-state index in [4.69, 9.17) is 0 Å². The van der Waals surface area contributed by atoms with E-state index in [1.54, 1.807) is 17.0 Å². The summed E-state index contributed by atoms with van der Waals surface area (Å²) >= 11 is 0. The zero-order valence-corrected chi connectivity index (χ0v) is 20.2. The van der Waals surface area contributed by atoms with Crippen LogP contribution >= 0.6 is 0 Å². The molecule has 3 atom stereocenters. The number of benzene rings is 2. The fourth-order valence-electron chi connectivity index (χ4n) is 5.76. The molecule has 0 bridgehead atoms. The van der Waals surface area contributed by atoms with Gasteiger partial charge in [0.25, 0.3) is 0 Å².